The molecule has 0 spiro atoms. The van der Waals surface area contributed by atoms with E-state index in [1.54, 1.807) is 12.1 Å². The number of nitrogens with zero attached hydrogens (tertiary/aromatic N) is 1. The van der Waals surface area contributed by atoms with Gasteiger partial charge in [0.1, 0.15) is 17.9 Å². The fourth-order valence-electron chi connectivity index (χ4n) is 4.64. The molecule has 0 bridgehead atoms. The van der Waals surface area contributed by atoms with Crippen molar-refractivity contribution in [2.75, 3.05) is 13.1 Å². The van der Waals surface area contributed by atoms with Crippen molar-refractivity contribution in [2.45, 2.75) is 44.6 Å². The van der Waals surface area contributed by atoms with E-state index in [-0.39, 0.29) is 24.5 Å². The van der Waals surface area contributed by atoms with Gasteiger partial charge in [-0.2, -0.15) is 0 Å². The number of carboxylic acid groups (broad SMARTS) is 1. The zero-order valence-electron chi connectivity index (χ0n) is 20.2. The molecular weight excluding hydrogens is 497 g/mol. The molecule has 1 aliphatic heterocycles. The number of carboxylic acids is 1. The van der Waals surface area contributed by atoms with Crippen LogP contribution in [0.2, 0.25) is 10.0 Å². The summed E-state index contributed by atoms with van der Waals surface area (Å²) in [5.41, 5.74) is 3.99. The molecule has 188 valence electrons. The number of fused-ring (bicyclic) bond motifs is 1. The number of rotatable bonds is 10. The third-order valence-corrected chi connectivity index (χ3v) is 6.93. The molecule has 36 heavy (non-hydrogen) atoms. The van der Waals surface area contributed by atoms with Gasteiger partial charge in [0.25, 0.3) is 0 Å². The Morgan fingerprint density at radius 3 is 2.17 bits per heavy atom. The van der Waals surface area contributed by atoms with Crippen LogP contribution in [0.25, 0.3) is 0 Å². The molecular formula is C29H29Cl2NO4. The summed E-state index contributed by atoms with van der Waals surface area (Å²) in [6.45, 7) is 2.14. The van der Waals surface area contributed by atoms with Crippen molar-refractivity contribution < 1.29 is 19.4 Å². The average Bonchev–Trinajstić information content (AvgIpc) is 3.17. The highest BCUT2D eigenvalue weighted by Gasteiger charge is 2.35. The smallest absolute Gasteiger partial charge is 0.323 e. The Bertz CT molecular complexity index is 1230. The Balaban J connectivity index is 1.35. The van der Waals surface area contributed by atoms with Crippen molar-refractivity contribution in [1.29, 1.82) is 0 Å². The number of halogens is 2. The summed E-state index contributed by atoms with van der Waals surface area (Å²) in [7, 11) is 0. The number of benzene rings is 3. The number of aliphatic carboxylic acids is 1. The number of hydrogen-bond acceptors (Lipinski definition) is 3. The van der Waals surface area contributed by atoms with E-state index in [1.165, 1.54) is 4.90 Å². The molecule has 0 saturated heterocycles. The summed E-state index contributed by atoms with van der Waals surface area (Å²) in [5.74, 6) is -0.318. The fraction of sp³-hybridized carbons (Fsp3) is 0.310. The van der Waals surface area contributed by atoms with Crippen LogP contribution in [0.5, 0.6) is 5.75 Å². The van der Waals surface area contributed by atoms with Crippen LogP contribution in [-0.2, 0) is 35.3 Å². The molecule has 1 aliphatic rings. The lowest BCUT2D eigenvalue weighted by atomic mass is 9.91. The lowest BCUT2D eigenvalue weighted by molar-refractivity contribution is -0.144. The highest BCUT2D eigenvalue weighted by Crippen LogP contribution is 2.37. The average molecular weight is 526 g/mol. The van der Waals surface area contributed by atoms with Gasteiger partial charge < -0.3 is 14.7 Å². The summed E-state index contributed by atoms with van der Waals surface area (Å²) in [6, 6.07) is 21.2. The molecule has 4 rings (SSSR count). The molecule has 0 radical (unpaired) electrons. The number of aryl methyl sites for hydroxylation is 1. The molecule has 5 nitrogen and oxygen atoms in total. The van der Waals surface area contributed by atoms with E-state index < -0.39 is 5.97 Å². The minimum absolute atomic E-state index is 0.171. The molecule has 0 aromatic heterocycles. The summed E-state index contributed by atoms with van der Waals surface area (Å²) in [5, 5.41) is 10.6. The first-order chi connectivity index (χ1) is 17.2. The third kappa shape index (κ3) is 7.02. The van der Waals surface area contributed by atoms with Gasteiger partial charge in [-0.05, 0) is 72.4 Å². The van der Waals surface area contributed by atoms with Crippen molar-refractivity contribution in [1.82, 2.24) is 4.90 Å². The molecule has 0 aliphatic carbocycles. The van der Waals surface area contributed by atoms with Crippen LogP contribution in [0, 0.1) is 0 Å². The van der Waals surface area contributed by atoms with Crippen LogP contribution >= 0.6 is 23.2 Å². The van der Waals surface area contributed by atoms with E-state index >= 15 is 0 Å². The lowest BCUT2D eigenvalue weighted by Gasteiger charge is -2.24. The molecule has 7 heteroatoms. The van der Waals surface area contributed by atoms with Crippen molar-refractivity contribution in [3.05, 3.63) is 99.0 Å². The minimum Gasteiger partial charge on any atom is -0.487 e. The Morgan fingerprint density at radius 2 is 1.53 bits per heavy atom. The second-order valence-corrected chi connectivity index (χ2v) is 10.4. The second kappa shape index (κ2) is 11.4. The Morgan fingerprint density at radius 1 is 0.917 bits per heavy atom. The van der Waals surface area contributed by atoms with Crippen LogP contribution in [-0.4, -0.2) is 40.6 Å². The van der Waals surface area contributed by atoms with Gasteiger partial charge in [-0.15, -0.1) is 0 Å². The van der Waals surface area contributed by atoms with Crippen molar-refractivity contribution in [3.63, 3.8) is 0 Å². The van der Waals surface area contributed by atoms with Gasteiger partial charge in [-0.3, -0.25) is 9.59 Å². The van der Waals surface area contributed by atoms with Crippen LogP contribution in [0.1, 0.15) is 35.6 Å². The van der Waals surface area contributed by atoms with Crippen LogP contribution in [0.4, 0.5) is 0 Å². The third-order valence-electron chi connectivity index (χ3n) is 6.43. The van der Waals surface area contributed by atoms with Crippen molar-refractivity contribution in [3.8, 4) is 5.75 Å². The highest BCUT2D eigenvalue weighted by atomic mass is 35.5. The van der Waals surface area contributed by atoms with Gasteiger partial charge >= 0.3 is 5.97 Å². The quantitative estimate of drug-likeness (QED) is 0.351. The summed E-state index contributed by atoms with van der Waals surface area (Å²) in [4.78, 5) is 25.7. The summed E-state index contributed by atoms with van der Waals surface area (Å²) >= 11 is 11.9. The topological polar surface area (TPSA) is 66.8 Å². The predicted octanol–water partition coefficient (Wildman–Crippen LogP) is 6.02. The van der Waals surface area contributed by atoms with Gasteiger partial charge in [0.05, 0.1) is 0 Å². The predicted molar refractivity (Wildman–Crippen MR) is 142 cm³/mol. The van der Waals surface area contributed by atoms with Crippen LogP contribution < -0.4 is 4.74 Å². The number of amides is 1. The zero-order chi connectivity index (χ0) is 25.7. The maximum Gasteiger partial charge on any atom is 0.323 e. The molecule has 0 fully saturated rings. The largest absolute Gasteiger partial charge is 0.487 e. The molecule has 0 unspecified atom stereocenters. The zero-order valence-corrected chi connectivity index (χ0v) is 21.7. The van der Waals surface area contributed by atoms with E-state index in [0.717, 1.165) is 40.8 Å². The van der Waals surface area contributed by atoms with E-state index in [9.17, 15) is 14.7 Å². The van der Waals surface area contributed by atoms with Crippen LogP contribution in [0.3, 0.4) is 0 Å². The molecule has 1 amide bonds. The number of carbonyl (C=O) groups excluding carboxylic acids is 1. The summed E-state index contributed by atoms with van der Waals surface area (Å²) in [6.07, 6.45) is 2.90. The number of ether oxygens (including phenoxy) is 1. The molecule has 0 saturated carbocycles. The number of carbonyl (C=O) groups is 2. The fourth-order valence-corrected chi connectivity index (χ4v) is 4.89. The van der Waals surface area contributed by atoms with Crippen molar-refractivity contribution >= 4 is 35.1 Å². The number of hydrogen-bond donors (Lipinski definition) is 1. The van der Waals surface area contributed by atoms with Crippen molar-refractivity contribution in [2.24, 2.45) is 0 Å². The van der Waals surface area contributed by atoms with Crippen LogP contribution in [0.15, 0.2) is 66.7 Å². The minimum atomic E-state index is -1.02. The second-order valence-electron chi connectivity index (χ2n) is 9.56. The van der Waals surface area contributed by atoms with Gasteiger partial charge in [-0.25, -0.2) is 0 Å². The SMILES string of the molecule is C[C@]1(Cc2ccc(Cl)cc2)Cc2cc(CCC(=O)N(CCc3ccc(Cl)cc3)CC(=O)O)ccc2O1. The standard InChI is InChI=1S/C29H29Cl2NO4/c1-29(17-22-4-10-25(31)11-5-22)18-23-16-21(6-12-26(23)36-29)7-13-27(33)32(19-28(34)35)15-14-20-2-8-24(30)9-3-20/h2-6,8-12,16H,7,13-15,17-19H2,1H3,(H,34,35)/t29-/m0/s1. The normalized spacial score (nSPS) is 16.3. The van der Waals surface area contributed by atoms with Gasteiger partial charge in [0.15, 0.2) is 0 Å². The maximum absolute atomic E-state index is 12.9. The summed E-state index contributed by atoms with van der Waals surface area (Å²) < 4.78 is 6.29. The van der Waals surface area contributed by atoms with Gasteiger partial charge in [-0.1, -0.05) is 59.6 Å². The Labute approximate surface area is 221 Å². The highest BCUT2D eigenvalue weighted by molar-refractivity contribution is 6.30. The first-order valence-electron chi connectivity index (χ1n) is 12.0. The monoisotopic (exact) mass is 525 g/mol. The van der Waals surface area contributed by atoms with Gasteiger partial charge in [0, 0.05) is 35.9 Å². The molecule has 3 aromatic rings. The molecule has 1 heterocycles. The van der Waals surface area contributed by atoms with E-state index in [2.05, 4.69) is 13.0 Å². The van der Waals surface area contributed by atoms with E-state index in [0.29, 0.717) is 29.4 Å². The lowest BCUT2D eigenvalue weighted by Crippen LogP contribution is -2.37. The maximum atomic E-state index is 12.9. The Kier molecular flexibility index (Phi) is 8.22. The Hall–Kier alpha value is -3.02. The molecule has 1 atom stereocenters. The van der Waals surface area contributed by atoms with Gasteiger partial charge in [0.2, 0.25) is 5.91 Å². The molecule has 1 N–H and O–H groups in total. The van der Waals surface area contributed by atoms with E-state index in [1.807, 2.05) is 48.5 Å². The first kappa shape index (κ1) is 26.1. The van der Waals surface area contributed by atoms with E-state index in [4.69, 9.17) is 27.9 Å². The first-order valence-corrected chi connectivity index (χ1v) is 12.7. The molecule has 3 aromatic carbocycles.